The minimum atomic E-state index is 0.285. The molecule has 0 bridgehead atoms. The van der Waals surface area contributed by atoms with E-state index in [4.69, 9.17) is 5.84 Å². The lowest BCUT2D eigenvalue weighted by atomic mass is 9.69. The zero-order valence-electron chi connectivity index (χ0n) is 13.5. The van der Waals surface area contributed by atoms with E-state index in [1.807, 2.05) is 0 Å². The average molecular weight is 274 g/mol. The predicted molar refractivity (Wildman–Crippen MR) is 86.3 cm³/mol. The highest BCUT2D eigenvalue weighted by Crippen LogP contribution is 2.51. The number of hydrogen-bond donors (Lipinski definition) is 2. The summed E-state index contributed by atoms with van der Waals surface area (Å²) in [7, 11) is 0. The third-order valence-electron chi connectivity index (χ3n) is 5.15. The standard InChI is InChI=1S/C18H30N2/c1-13(2)12-18(10-5-6-11-18)17(20-19)16-9-7-8-14(3)15(16)4/h7-9,13,17,20H,5-6,10-12,19H2,1-4H3. The fraction of sp³-hybridized carbons (Fsp3) is 0.667. The van der Waals surface area contributed by atoms with Crippen LogP contribution >= 0.6 is 0 Å². The van der Waals surface area contributed by atoms with E-state index in [-0.39, 0.29) is 6.04 Å². The van der Waals surface area contributed by atoms with Crippen molar-refractivity contribution in [2.75, 3.05) is 0 Å². The molecule has 112 valence electrons. The lowest BCUT2D eigenvalue weighted by Gasteiger charge is -2.40. The second-order valence-electron chi connectivity index (χ2n) is 7.06. The largest absolute Gasteiger partial charge is 0.271 e. The third-order valence-corrected chi connectivity index (χ3v) is 5.15. The van der Waals surface area contributed by atoms with Crippen molar-refractivity contribution in [3.63, 3.8) is 0 Å². The Morgan fingerprint density at radius 1 is 1.20 bits per heavy atom. The van der Waals surface area contributed by atoms with E-state index in [1.165, 1.54) is 48.8 Å². The molecule has 1 aromatic rings. The molecule has 0 amide bonds. The Balaban J connectivity index is 2.40. The molecule has 0 saturated heterocycles. The Morgan fingerprint density at radius 3 is 2.40 bits per heavy atom. The van der Waals surface area contributed by atoms with Gasteiger partial charge in [-0.15, -0.1) is 0 Å². The molecule has 0 aliphatic heterocycles. The monoisotopic (exact) mass is 274 g/mol. The summed E-state index contributed by atoms with van der Waals surface area (Å²) in [5.41, 5.74) is 7.66. The summed E-state index contributed by atoms with van der Waals surface area (Å²) >= 11 is 0. The summed E-state index contributed by atoms with van der Waals surface area (Å²) in [6, 6.07) is 6.90. The number of benzene rings is 1. The van der Waals surface area contributed by atoms with Gasteiger partial charge in [0.25, 0.3) is 0 Å². The first-order chi connectivity index (χ1) is 9.50. The zero-order chi connectivity index (χ0) is 14.8. The van der Waals surface area contributed by atoms with Crippen molar-refractivity contribution in [1.29, 1.82) is 0 Å². The smallest absolute Gasteiger partial charge is 0.0519 e. The Bertz CT molecular complexity index is 445. The van der Waals surface area contributed by atoms with E-state index in [2.05, 4.69) is 51.3 Å². The minimum Gasteiger partial charge on any atom is -0.271 e. The maximum atomic E-state index is 6.01. The van der Waals surface area contributed by atoms with Gasteiger partial charge in [0.1, 0.15) is 0 Å². The molecule has 0 heterocycles. The molecule has 20 heavy (non-hydrogen) atoms. The first kappa shape index (κ1) is 15.5. The number of aryl methyl sites for hydroxylation is 1. The highest BCUT2D eigenvalue weighted by Gasteiger charge is 2.42. The van der Waals surface area contributed by atoms with Crippen molar-refractivity contribution in [1.82, 2.24) is 5.43 Å². The van der Waals surface area contributed by atoms with Gasteiger partial charge in [0.05, 0.1) is 6.04 Å². The lowest BCUT2D eigenvalue weighted by molar-refractivity contribution is 0.155. The van der Waals surface area contributed by atoms with Crippen molar-refractivity contribution in [3.05, 3.63) is 34.9 Å². The van der Waals surface area contributed by atoms with Crippen molar-refractivity contribution in [3.8, 4) is 0 Å². The summed E-state index contributed by atoms with van der Waals surface area (Å²) in [6.45, 7) is 9.08. The van der Waals surface area contributed by atoms with Crippen LogP contribution in [0.5, 0.6) is 0 Å². The second kappa shape index (κ2) is 6.28. The summed E-state index contributed by atoms with van der Waals surface area (Å²) in [5.74, 6) is 6.73. The number of hydrogen-bond acceptors (Lipinski definition) is 2. The van der Waals surface area contributed by atoms with Crippen LogP contribution in [0.25, 0.3) is 0 Å². The highest BCUT2D eigenvalue weighted by atomic mass is 15.2. The Morgan fingerprint density at radius 2 is 1.85 bits per heavy atom. The maximum Gasteiger partial charge on any atom is 0.0519 e. The highest BCUT2D eigenvalue weighted by molar-refractivity contribution is 5.36. The summed E-state index contributed by atoms with van der Waals surface area (Å²) in [5, 5.41) is 0. The fourth-order valence-corrected chi connectivity index (χ4v) is 4.19. The molecule has 1 aliphatic carbocycles. The van der Waals surface area contributed by atoms with Gasteiger partial charge in [0.2, 0.25) is 0 Å². The first-order valence-electron chi connectivity index (χ1n) is 8.02. The van der Waals surface area contributed by atoms with Gasteiger partial charge in [0, 0.05) is 0 Å². The van der Waals surface area contributed by atoms with Gasteiger partial charge >= 0.3 is 0 Å². The zero-order valence-corrected chi connectivity index (χ0v) is 13.5. The van der Waals surface area contributed by atoms with Crippen LogP contribution in [-0.2, 0) is 0 Å². The molecule has 1 atom stereocenters. The predicted octanol–water partition coefficient (Wildman–Crippen LogP) is 4.41. The molecule has 1 aliphatic rings. The molecule has 1 aromatic carbocycles. The molecule has 1 saturated carbocycles. The van der Waals surface area contributed by atoms with Gasteiger partial charge in [-0.1, -0.05) is 44.9 Å². The van der Waals surface area contributed by atoms with Gasteiger partial charge in [-0.25, -0.2) is 0 Å². The molecule has 1 unspecified atom stereocenters. The second-order valence-corrected chi connectivity index (χ2v) is 7.06. The number of nitrogens with one attached hydrogen (secondary N) is 1. The minimum absolute atomic E-state index is 0.285. The Kier molecular flexibility index (Phi) is 4.87. The van der Waals surface area contributed by atoms with Crippen LogP contribution in [0, 0.1) is 25.2 Å². The van der Waals surface area contributed by atoms with Crippen LogP contribution in [0.15, 0.2) is 18.2 Å². The topological polar surface area (TPSA) is 38.0 Å². The fourth-order valence-electron chi connectivity index (χ4n) is 4.19. The summed E-state index contributed by atoms with van der Waals surface area (Å²) < 4.78 is 0. The maximum absolute atomic E-state index is 6.01. The molecule has 0 radical (unpaired) electrons. The van der Waals surface area contributed by atoms with Crippen molar-refractivity contribution in [2.45, 2.75) is 65.8 Å². The number of nitrogens with two attached hydrogens (primary N) is 1. The molecule has 2 rings (SSSR count). The first-order valence-corrected chi connectivity index (χ1v) is 8.02. The Labute approximate surface area is 124 Å². The van der Waals surface area contributed by atoms with Crippen molar-refractivity contribution < 1.29 is 0 Å². The molecular formula is C18H30N2. The van der Waals surface area contributed by atoms with Crippen LogP contribution in [0.4, 0.5) is 0 Å². The van der Waals surface area contributed by atoms with Crippen molar-refractivity contribution >= 4 is 0 Å². The van der Waals surface area contributed by atoms with E-state index in [0.717, 1.165) is 0 Å². The van der Waals surface area contributed by atoms with Crippen LogP contribution in [-0.4, -0.2) is 0 Å². The summed E-state index contributed by atoms with van der Waals surface area (Å²) in [4.78, 5) is 0. The van der Waals surface area contributed by atoms with E-state index >= 15 is 0 Å². The molecule has 1 fully saturated rings. The van der Waals surface area contributed by atoms with Crippen LogP contribution in [0.3, 0.4) is 0 Å². The van der Waals surface area contributed by atoms with E-state index in [9.17, 15) is 0 Å². The van der Waals surface area contributed by atoms with Gasteiger partial charge in [-0.05, 0) is 61.1 Å². The van der Waals surface area contributed by atoms with Crippen LogP contribution in [0.2, 0.25) is 0 Å². The number of hydrazine groups is 1. The molecule has 0 spiro atoms. The summed E-state index contributed by atoms with van der Waals surface area (Å²) in [6.07, 6.45) is 6.54. The van der Waals surface area contributed by atoms with Crippen LogP contribution < -0.4 is 11.3 Å². The normalized spacial score (nSPS) is 19.5. The van der Waals surface area contributed by atoms with E-state index in [1.54, 1.807) is 0 Å². The average Bonchev–Trinajstić information content (AvgIpc) is 2.83. The molecule has 2 nitrogen and oxygen atoms in total. The quantitative estimate of drug-likeness (QED) is 0.616. The molecule has 0 aromatic heterocycles. The van der Waals surface area contributed by atoms with Gasteiger partial charge in [-0.3, -0.25) is 11.3 Å². The Hall–Kier alpha value is -0.860. The third kappa shape index (κ3) is 2.91. The lowest BCUT2D eigenvalue weighted by Crippen LogP contribution is -2.41. The van der Waals surface area contributed by atoms with Crippen LogP contribution in [0.1, 0.15) is 68.7 Å². The van der Waals surface area contributed by atoms with Gasteiger partial charge in [-0.2, -0.15) is 0 Å². The van der Waals surface area contributed by atoms with E-state index < -0.39 is 0 Å². The molecule has 2 heteroatoms. The number of rotatable bonds is 5. The van der Waals surface area contributed by atoms with Gasteiger partial charge in [0.15, 0.2) is 0 Å². The molecule has 3 N–H and O–H groups in total. The van der Waals surface area contributed by atoms with Gasteiger partial charge < -0.3 is 0 Å². The molecular weight excluding hydrogens is 244 g/mol. The van der Waals surface area contributed by atoms with Crippen molar-refractivity contribution in [2.24, 2.45) is 17.2 Å². The SMILES string of the molecule is Cc1cccc(C(NN)C2(CC(C)C)CCCC2)c1C. The van der Waals surface area contributed by atoms with E-state index in [0.29, 0.717) is 11.3 Å².